The van der Waals surface area contributed by atoms with E-state index in [2.05, 4.69) is 48.5 Å². The molecule has 0 unspecified atom stereocenters. The van der Waals surface area contributed by atoms with E-state index >= 15 is 0 Å². The molecule has 2 heterocycles. The summed E-state index contributed by atoms with van der Waals surface area (Å²) in [6, 6.07) is 7.29. The number of nitrogens with zero attached hydrogens (tertiary/aromatic N) is 2. The Morgan fingerprint density at radius 2 is 1.12 bits per heavy atom. The summed E-state index contributed by atoms with van der Waals surface area (Å²) >= 11 is 0. The molecule has 1 aliphatic heterocycles. The van der Waals surface area contributed by atoms with Gasteiger partial charge in [-0.05, 0) is 30.4 Å². The van der Waals surface area contributed by atoms with Gasteiger partial charge in [0.15, 0.2) is 6.29 Å². The second kappa shape index (κ2) is 35.7. The van der Waals surface area contributed by atoms with Gasteiger partial charge in [-0.15, -0.1) is 0 Å². The first-order valence-corrected chi connectivity index (χ1v) is 26.4. The van der Waals surface area contributed by atoms with Gasteiger partial charge in [-0.3, -0.25) is 9.48 Å². The van der Waals surface area contributed by atoms with Crippen molar-refractivity contribution >= 4 is 5.91 Å². The second-order valence-electron chi connectivity index (χ2n) is 19.1. The number of rotatable bonds is 40. The van der Waals surface area contributed by atoms with Crippen LogP contribution in [0.5, 0.6) is 0 Å². The summed E-state index contributed by atoms with van der Waals surface area (Å²) in [4.78, 5) is 13.2. The van der Waals surface area contributed by atoms with Crippen molar-refractivity contribution in [1.29, 1.82) is 0 Å². The van der Waals surface area contributed by atoms with Gasteiger partial charge in [0.25, 0.3) is 0 Å². The van der Waals surface area contributed by atoms with Crippen molar-refractivity contribution in [1.82, 2.24) is 15.1 Å². The Balaban J connectivity index is 1.33. The first-order chi connectivity index (χ1) is 31.7. The zero-order chi connectivity index (χ0) is 46.9. The third kappa shape index (κ3) is 23.9. The predicted octanol–water partition coefficient (Wildman–Crippen LogP) is 9.52. The van der Waals surface area contributed by atoms with Gasteiger partial charge < -0.3 is 45.4 Å². The number of aliphatic hydroxyl groups excluding tert-OH is 6. The molecule has 1 aromatic carbocycles. The number of aliphatic hydroxyl groups is 6. The fourth-order valence-corrected chi connectivity index (χ4v) is 8.95. The molecular weight excluding hydrogens is 823 g/mol. The van der Waals surface area contributed by atoms with Gasteiger partial charge in [-0.2, -0.15) is 5.10 Å². The van der Waals surface area contributed by atoms with Gasteiger partial charge in [-0.1, -0.05) is 205 Å². The zero-order valence-corrected chi connectivity index (χ0v) is 40.7. The molecule has 0 saturated carbocycles. The van der Waals surface area contributed by atoms with Crippen LogP contribution in [0.1, 0.15) is 223 Å². The minimum Gasteiger partial charge on any atom is -0.394 e. The van der Waals surface area contributed by atoms with Crippen LogP contribution < -0.4 is 5.32 Å². The van der Waals surface area contributed by atoms with Crippen molar-refractivity contribution in [2.75, 3.05) is 13.2 Å². The first kappa shape index (κ1) is 56.9. The van der Waals surface area contributed by atoms with Crippen LogP contribution in [-0.2, 0) is 27.2 Å². The van der Waals surface area contributed by atoms with Gasteiger partial charge in [0.05, 0.1) is 32.0 Å². The molecule has 0 spiro atoms. The number of benzene rings is 1. The molecule has 0 bridgehead atoms. The maximum atomic E-state index is 13.2. The van der Waals surface area contributed by atoms with E-state index in [4.69, 9.17) is 9.47 Å². The van der Waals surface area contributed by atoms with E-state index in [0.717, 1.165) is 31.2 Å². The SMILES string of the molecule is CCCCCCCCCCCCCCCCCCCCCCCCCCC(=O)N[C@@H](CO[C@H]1O[C@H](CO)[C@H](O)[C@H](O)[C@H]1O)[C@H](O)[C@H](O)c1cnn(Cc2ccc(CCCCCC)cc2)c1. The number of carbonyl (C=O) groups excluding carboxylic acids is 1. The molecular formula is C53H93N3O9. The molecule has 8 atom stereocenters. The zero-order valence-electron chi connectivity index (χ0n) is 40.7. The summed E-state index contributed by atoms with van der Waals surface area (Å²) in [6.07, 6.45) is 30.0. The molecule has 1 amide bonds. The smallest absolute Gasteiger partial charge is 0.220 e. The Kier molecular flexibility index (Phi) is 31.2. The van der Waals surface area contributed by atoms with Crippen LogP contribution in [0.25, 0.3) is 0 Å². The standard InChI is InChI=1S/C53H93N3O9/c1-3-5-7-9-10-11-12-13-14-15-16-17-18-19-20-21-22-23-24-25-26-27-28-30-32-47(58)55-45(41-64-53-52(63)51(62)50(61)46(40-57)65-53)49(60)48(59)44-37-54-56(39-44)38-43-35-33-42(34-36-43)31-29-8-6-4-2/h33-37,39,45-46,48-53,57,59-63H,3-32,38,40-41H2,1-2H3,(H,55,58)/t45-,46+,48+,49-,50-,51-,52+,53-/m0/s1. The number of ether oxygens (including phenoxy) is 2. The third-order valence-corrected chi connectivity index (χ3v) is 13.3. The van der Waals surface area contributed by atoms with Crippen LogP contribution in [0.3, 0.4) is 0 Å². The fourth-order valence-electron chi connectivity index (χ4n) is 8.95. The van der Waals surface area contributed by atoms with E-state index in [0.29, 0.717) is 18.5 Å². The highest BCUT2D eigenvalue weighted by atomic mass is 16.7. The number of hydrogen-bond acceptors (Lipinski definition) is 10. The van der Waals surface area contributed by atoms with Crippen molar-refractivity contribution in [3.8, 4) is 0 Å². The van der Waals surface area contributed by atoms with E-state index < -0.39 is 62.2 Å². The van der Waals surface area contributed by atoms with E-state index in [1.807, 2.05) is 0 Å². The molecule has 0 radical (unpaired) electrons. The minimum atomic E-state index is -1.65. The van der Waals surface area contributed by atoms with E-state index in [1.54, 1.807) is 10.9 Å². The topological polar surface area (TPSA) is 187 Å². The Labute approximate surface area is 393 Å². The highest BCUT2D eigenvalue weighted by Gasteiger charge is 2.44. The van der Waals surface area contributed by atoms with Crippen molar-refractivity contribution in [3.63, 3.8) is 0 Å². The molecule has 1 fully saturated rings. The molecule has 374 valence electrons. The highest BCUT2D eigenvalue weighted by molar-refractivity contribution is 5.76. The third-order valence-electron chi connectivity index (χ3n) is 13.3. The lowest BCUT2D eigenvalue weighted by Gasteiger charge is -2.40. The molecule has 12 nitrogen and oxygen atoms in total. The summed E-state index contributed by atoms with van der Waals surface area (Å²) in [7, 11) is 0. The molecule has 1 aromatic heterocycles. The number of hydrogen-bond donors (Lipinski definition) is 7. The number of aryl methyl sites for hydroxylation is 1. The molecule has 1 aliphatic rings. The van der Waals surface area contributed by atoms with Crippen LogP contribution in [-0.4, -0.2) is 102 Å². The monoisotopic (exact) mass is 916 g/mol. The normalized spacial score (nSPS) is 20.2. The molecule has 12 heteroatoms. The summed E-state index contributed by atoms with van der Waals surface area (Å²) in [5, 5.41) is 70.6. The summed E-state index contributed by atoms with van der Waals surface area (Å²) in [6.45, 7) is 3.94. The number of unbranched alkanes of at least 4 members (excludes halogenated alkanes) is 26. The molecule has 65 heavy (non-hydrogen) atoms. The maximum Gasteiger partial charge on any atom is 0.220 e. The molecule has 3 rings (SSSR count). The van der Waals surface area contributed by atoms with Gasteiger partial charge >= 0.3 is 0 Å². The average Bonchev–Trinajstić information content (AvgIpc) is 3.78. The maximum absolute atomic E-state index is 13.2. The molecule has 0 aliphatic carbocycles. The largest absolute Gasteiger partial charge is 0.394 e. The quantitative estimate of drug-likeness (QED) is 0.0318. The van der Waals surface area contributed by atoms with Crippen LogP contribution in [0, 0.1) is 0 Å². The first-order valence-electron chi connectivity index (χ1n) is 26.4. The number of carbonyl (C=O) groups is 1. The lowest BCUT2D eigenvalue weighted by atomic mass is 9.99. The molecule has 1 saturated heterocycles. The molecule has 2 aromatic rings. The Bertz CT molecular complexity index is 1440. The van der Waals surface area contributed by atoms with E-state index in [-0.39, 0.29) is 12.3 Å². The van der Waals surface area contributed by atoms with Crippen LogP contribution in [0.2, 0.25) is 0 Å². The van der Waals surface area contributed by atoms with E-state index in [1.165, 1.54) is 166 Å². The van der Waals surface area contributed by atoms with Gasteiger partial charge in [-0.25, -0.2) is 0 Å². The van der Waals surface area contributed by atoms with Gasteiger partial charge in [0.2, 0.25) is 5.91 Å². The van der Waals surface area contributed by atoms with Crippen LogP contribution >= 0.6 is 0 Å². The van der Waals surface area contributed by atoms with Crippen molar-refractivity contribution in [3.05, 3.63) is 53.3 Å². The Hall–Kier alpha value is -2.42. The molecule has 7 N–H and O–H groups in total. The highest BCUT2D eigenvalue weighted by Crippen LogP contribution is 2.25. The number of aromatic nitrogens is 2. The Morgan fingerprint density at radius 3 is 1.62 bits per heavy atom. The lowest BCUT2D eigenvalue weighted by molar-refractivity contribution is -0.303. The average molecular weight is 916 g/mol. The lowest BCUT2D eigenvalue weighted by Crippen LogP contribution is -2.60. The number of amides is 1. The van der Waals surface area contributed by atoms with Gasteiger partial charge in [0.1, 0.15) is 36.6 Å². The van der Waals surface area contributed by atoms with Crippen molar-refractivity contribution in [2.45, 2.75) is 262 Å². The van der Waals surface area contributed by atoms with Gasteiger partial charge in [0, 0.05) is 18.2 Å². The summed E-state index contributed by atoms with van der Waals surface area (Å²) in [5.74, 6) is -0.318. The van der Waals surface area contributed by atoms with Crippen LogP contribution in [0.15, 0.2) is 36.7 Å². The summed E-state index contributed by atoms with van der Waals surface area (Å²) in [5.41, 5.74) is 2.69. The summed E-state index contributed by atoms with van der Waals surface area (Å²) < 4.78 is 12.9. The van der Waals surface area contributed by atoms with E-state index in [9.17, 15) is 35.4 Å². The van der Waals surface area contributed by atoms with Crippen LogP contribution in [0.4, 0.5) is 0 Å². The minimum absolute atomic E-state index is 0.230. The van der Waals surface area contributed by atoms with Crippen molar-refractivity contribution in [2.24, 2.45) is 0 Å². The fraction of sp³-hybridized carbons (Fsp3) is 0.811. The predicted molar refractivity (Wildman–Crippen MR) is 259 cm³/mol. The Morgan fingerprint density at radius 1 is 0.662 bits per heavy atom. The second-order valence-corrected chi connectivity index (χ2v) is 19.1. The van der Waals surface area contributed by atoms with Crippen molar-refractivity contribution < 1.29 is 44.9 Å². The number of nitrogens with one attached hydrogen (secondary N) is 1.